The molecule has 0 saturated carbocycles. The standard InChI is InChI=1S/C22H24ClN5O2/c1-14(2)22(30)24-11-3-4-17-12-18(21-25-27-28-26-21)8-6-15(17)5-7-16-9-10-19(29)13-20(16)23/h6,8-10,12-14,27-29H,3-4,11H2,1-2H3,(H,24,30)(H,25,26). The zero-order valence-electron chi connectivity index (χ0n) is 16.8. The maximum atomic E-state index is 11.8. The third-order valence-corrected chi connectivity index (χ3v) is 4.83. The predicted molar refractivity (Wildman–Crippen MR) is 118 cm³/mol. The first kappa shape index (κ1) is 21.5. The van der Waals surface area contributed by atoms with Gasteiger partial charge in [0.05, 0.1) is 5.02 Å². The molecule has 2 aromatic rings. The van der Waals surface area contributed by atoms with Gasteiger partial charge in [-0.25, -0.2) is 5.53 Å². The van der Waals surface area contributed by atoms with E-state index in [1.807, 2.05) is 32.0 Å². The quantitative estimate of drug-likeness (QED) is 0.362. The van der Waals surface area contributed by atoms with Crippen molar-refractivity contribution in [1.82, 2.24) is 21.8 Å². The molecule has 8 heteroatoms. The van der Waals surface area contributed by atoms with Crippen LogP contribution in [0.2, 0.25) is 5.02 Å². The minimum Gasteiger partial charge on any atom is -0.508 e. The number of carbonyl (C=O) groups is 1. The molecular formula is C22H24ClN5O2. The summed E-state index contributed by atoms with van der Waals surface area (Å²) >= 11 is 6.16. The van der Waals surface area contributed by atoms with E-state index in [0.717, 1.165) is 29.5 Å². The maximum Gasteiger partial charge on any atom is 0.222 e. The van der Waals surface area contributed by atoms with Crippen LogP contribution in [-0.2, 0) is 11.2 Å². The number of rotatable bonds is 6. The van der Waals surface area contributed by atoms with Gasteiger partial charge < -0.3 is 10.4 Å². The zero-order valence-corrected chi connectivity index (χ0v) is 17.6. The summed E-state index contributed by atoms with van der Waals surface area (Å²) in [6.07, 6.45) is 1.53. The topological polar surface area (TPSA) is 97.8 Å². The fraction of sp³-hybridized carbons (Fsp3) is 0.273. The molecule has 1 aliphatic heterocycles. The molecule has 1 amide bonds. The van der Waals surface area contributed by atoms with Gasteiger partial charge in [0.1, 0.15) is 5.75 Å². The van der Waals surface area contributed by atoms with Crippen molar-refractivity contribution in [2.45, 2.75) is 26.7 Å². The summed E-state index contributed by atoms with van der Waals surface area (Å²) in [6.45, 7) is 4.34. The van der Waals surface area contributed by atoms with Crippen LogP contribution < -0.4 is 21.8 Å². The molecule has 156 valence electrons. The first-order valence-electron chi connectivity index (χ1n) is 9.69. The molecule has 0 saturated heterocycles. The molecule has 0 fully saturated rings. The molecule has 0 aliphatic carbocycles. The Balaban J connectivity index is 1.81. The molecule has 0 unspecified atom stereocenters. The summed E-state index contributed by atoms with van der Waals surface area (Å²) < 4.78 is 0. The van der Waals surface area contributed by atoms with Crippen molar-refractivity contribution in [1.29, 1.82) is 0 Å². The molecule has 2 aromatic carbocycles. The number of nitrogens with zero attached hydrogens (tertiary/aromatic N) is 1. The van der Waals surface area contributed by atoms with Crippen LogP contribution in [0.4, 0.5) is 0 Å². The van der Waals surface area contributed by atoms with Crippen LogP contribution in [0.1, 0.15) is 42.5 Å². The van der Waals surface area contributed by atoms with E-state index in [1.165, 1.54) is 6.07 Å². The van der Waals surface area contributed by atoms with Crippen molar-refractivity contribution < 1.29 is 9.90 Å². The number of phenols is 1. The van der Waals surface area contributed by atoms with Crippen molar-refractivity contribution >= 4 is 23.3 Å². The Kier molecular flexibility index (Phi) is 7.17. The summed E-state index contributed by atoms with van der Waals surface area (Å²) in [4.78, 5) is 11.8. The lowest BCUT2D eigenvalue weighted by Gasteiger charge is -2.10. The number of hydrogen-bond donors (Lipinski definition) is 5. The van der Waals surface area contributed by atoms with E-state index in [4.69, 9.17) is 11.6 Å². The number of amides is 1. The lowest BCUT2D eigenvalue weighted by atomic mass is 9.99. The number of halogens is 1. The van der Waals surface area contributed by atoms with E-state index < -0.39 is 0 Å². The van der Waals surface area contributed by atoms with Crippen LogP contribution >= 0.6 is 11.6 Å². The number of hydrazine groups is 2. The van der Waals surface area contributed by atoms with Gasteiger partial charge in [0.15, 0.2) is 5.84 Å². The average Bonchev–Trinajstić information content (AvgIpc) is 3.25. The molecule has 30 heavy (non-hydrogen) atoms. The lowest BCUT2D eigenvalue weighted by molar-refractivity contribution is -0.123. The molecule has 0 spiro atoms. The normalized spacial score (nSPS) is 12.5. The maximum absolute atomic E-state index is 11.8. The first-order valence-corrected chi connectivity index (χ1v) is 10.1. The summed E-state index contributed by atoms with van der Waals surface area (Å²) in [7, 11) is 0. The second kappa shape index (κ2) is 10.0. The molecule has 0 atom stereocenters. The second-order valence-corrected chi connectivity index (χ2v) is 7.56. The fourth-order valence-corrected chi connectivity index (χ4v) is 3.06. The van der Waals surface area contributed by atoms with Gasteiger partial charge in [0.25, 0.3) is 0 Å². The van der Waals surface area contributed by atoms with Crippen LogP contribution in [0, 0.1) is 17.8 Å². The SMILES string of the molecule is CC(C)C(=O)NCCCc1cc(C2=NNNN2)ccc1C#Cc1ccc(O)cc1Cl. The number of aryl methyl sites for hydroxylation is 1. The first-order chi connectivity index (χ1) is 14.4. The molecule has 7 nitrogen and oxygen atoms in total. The molecule has 0 aromatic heterocycles. The molecule has 0 radical (unpaired) electrons. The third-order valence-electron chi connectivity index (χ3n) is 4.51. The van der Waals surface area contributed by atoms with Crippen LogP contribution in [-0.4, -0.2) is 23.4 Å². The van der Waals surface area contributed by atoms with Crippen LogP contribution in [0.5, 0.6) is 5.75 Å². The Hall–Kier alpha value is -3.21. The lowest BCUT2D eigenvalue weighted by Crippen LogP contribution is -2.35. The Morgan fingerprint density at radius 1 is 1.20 bits per heavy atom. The van der Waals surface area contributed by atoms with Gasteiger partial charge >= 0.3 is 0 Å². The minimum absolute atomic E-state index is 0.0312. The van der Waals surface area contributed by atoms with Gasteiger partial charge in [-0.05, 0) is 54.8 Å². The highest BCUT2D eigenvalue weighted by molar-refractivity contribution is 6.31. The fourth-order valence-electron chi connectivity index (χ4n) is 2.84. The Morgan fingerprint density at radius 3 is 2.67 bits per heavy atom. The Labute approximate surface area is 180 Å². The van der Waals surface area contributed by atoms with Crippen molar-refractivity contribution in [3.63, 3.8) is 0 Å². The average molecular weight is 426 g/mol. The van der Waals surface area contributed by atoms with Crippen LogP contribution in [0.15, 0.2) is 41.5 Å². The molecule has 1 heterocycles. The summed E-state index contributed by atoms with van der Waals surface area (Å²) in [5.41, 5.74) is 11.8. The third kappa shape index (κ3) is 5.66. The number of carbonyl (C=O) groups excluding carboxylic acids is 1. The highest BCUT2D eigenvalue weighted by Gasteiger charge is 2.11. The second-order valence-electron chi connectivity index (χ2n) is 7.16. The van der Waals surface area contributed by atoms with Gasteiger partial charge in [-0.1, -0.05) is 37.3 Å². The van der Waals surface area contributed by atoms with Crippen LogP contribution in [0.25, 0.3) is 0 Å². The highest BCUT2D eigenvalue weighted by Crippen LogP contribution is 2.21. The van der Waals surface area contributed by atoms with Crippen molar-refractivity contribution in [3.8, 4) is 17.6 Å². The number of amidine groups is 1. The Morgan fingerprint density at radius 2 is 1.97 bits per heavy atom. The Bertz CT molecular complexity index is 1020. The van der Waals surface area contributed by atoms with E-state index in [0.29, 0.717) is 23.0 Å². The van der Waals surface area contributed by atoms with E-state index in [9.17, 15) is 9.90 Å². The number of hydrazone groups is 1. The van der Waals surface area contributed by atoms with Gasteiger partial charge in [0.2, 0.25) is 5.91 Å². The monoisotopic (exact) mass is 425 g/mol. The van der Waals surface area contributed by atoms with Crippen molar-refractivity contribution in [2.24, 2.45) is 11.0 Å². The summed E-state index contributed by atoms with van der Waals surface area (Å²) in [5.74, 6) is 7.06. The van der Waals surface area contributed by atoms with E-state index in [2.05, 4.69) is 38.8 Å². The smallest absolute Gasteiger partial charge is 0.222 e. The predicted octanol–water partition coefficient (Wildman–Crippen LogP) is 2.42. The summed E-state index contributed by atoms with van der Waals surface area (Å²) in [6, 6.07) is 10.6. The molecule has 5 N–H and O–H groups in total. The van der Waals surface area contributed by atoms with Gasteiger partial charge in [-0.2, -0.15) is 0 Å². The number of aromatic hydroxyl groups is 1. The van der Waals surface area contributed by atoms with Gasteiger partial charge in [-0.15, -0.1) is 10.6 Å². The molecule has 0 bridgehead atoms. The number of nitrogens with one attached hydrogen (secondary N) is 4. The molecule has 1 aliphatic rings. The van der Waals surface area contributed by atoms with Crippen LogP contribution in [0.3, 0.4) is 0 Å². The van der Waals surface area contributed by atoms with Crippen molar-refractivity contribution in [2.75, 3.05) is 6.54 Å². The van der Waals surface area contributed by atoms with Gasteiger partial charge in [0, 0.05) is 29.2 Å². The number of hydrogen-bond acceptors (Lipinski definition) is 6. The van der Waals surface area contributed by atoms with E-state index in [-0.39, 0.29) is 17.6 Å². The van der Waals surface area contributed by atoms with Gasteiger partial charge in [-0.3, -0.25) is 10.2 Å². The molecule has 3 rings (SSSR count). The van der Waals surface area contributed by atoms with E-state index in [1.54, 1.807) is 12.1 Å². The van der Waals surface area contributed by atoms with Crippen molar-refractivity contribution in [3.05, 3.63) is 63.7 Å². The number of benzene rings is 2. The number of phenolic OH excluding ortho intramolecular Hbond substituents is 1. The zero-order chi connectivity index (χ0) is 21.5. The van der Waals surface area contributed by atoms with E-state index >= 15 is 0 Å². The molecular weight excluding hydrogens is 402 g/mol. The highest BCUT2D eigenvalue weighted by atomic mass is 35.5. The summed E-state index contributed by atoms with van der Waals surface area (Å²) in [5, 5.41) is 17.0. The largest absolute Gasteiger partial charge is 0.508 e. The minimum atomic E-state index is -0.0312.